The van der Waals surface area contributed by atoms with Gasteiger partial charge >= 0.3 is 0 Å². The van der Waals surface area contributed by atoms with Gasteiger partial charge in [-0.2, -0.15) is 0 Å². The molecule has 1 aromatic carbocycles. The summed E-state index contributed by atoms with van der Waals surface area (Å²) in [6, 6.07) is 7.51. The van der Waals surface area contributed by atoms with E-state index in [1.54, 1.807) is 7.11 Å². The molecule has 1 amide bonds. The van der Waals surface area contributed by atoms with Crippen LogP contribution >= 0.6 is 0 Å². The normalized spacial score (nSPS) is 22.3. The molecule has 0 aromatic heterocycles. The molecule has 1 aromatic rings. The van der Waals surface area contributed by atoms with Gasteiger partial charge in [0.15, 0.2) is 0 Å². The van der Waals surface area contributed by atoms with Crippen molar-refractivity contribution in [3.8, 4) is 0 Å². The van der Waals surface area contributed by atoms with Crippen LogP contribution in [0.2, 0.25) is 0 Å². The minimum absolute atomic E-state index is 0.138. The number of likely N-dealkylation sites (tertiary alicyclic amines) is 2. The molecule has 2 saturated heterocycles. The Balaban J connectivity index is 1.45. The van der Waals surface area contributed by atoms with Crippen molar-refractivity contribution in [1.29, 1.82) is 0 Å². The van der Waals surface area contributed by atoms with Gasteiger partial charge in [-0.1, -0.05) is 29.3 Å². The maximum absolute atomic E-state index is 12.4. The molecule has 2 aliphatic heterocycles. The molecular formula is C23H37N3O2. The van der Waals surface area contributed by atoms with Crippen molar-refractivity contribution in [1.82, 2.24) is 15.1 Å². The van der Waals surface area contributed by atoms with E-state index in [0.29, 0.717) is 19.2 Å². The highest BCUT2D eigenvalue weighted by Gasteiger charge is 2.31. The molecule has 2 aliphatic rings. The van der Waals surface area contributed by atoms with Crippen LogP contribution in [0, 0.1) is 19.8 Å². The molecule has 28 heavy (non-hydrogen) atoms. The summed E-state index contributed by atoms with van der Waals surface area (Å²) < 4.78 is 5.03. The Morgan fingerprint density at radius 1 is 1.11 bits per heavy atom. The zero-order valence-corrected chi connectivity index (χ0v) is 17.9. The third-order valence-electron chi connectivity index (χ3n) is 6.19. The van der Waals surface area contributed by atoms with Crippen molar-refractivity contribution in [3.05, 3.63) is 34.9 Å². The Hall–Kier alpha value is -1.43. The molecule has 5 heteroatoms. The number of rotatable bonds is 7. The first-order valence-corrected chi connectivity index (χ1v) is 10.9. The number of amides is 1. The number of ether oxygens (including phenoxy) is 1. The van der Waals surface area contributed by atoms with Crippen molar-refractivity contribution in [3.63, 3.8) is 0 Å². The van der Waals surface area contributed by atoms with Gasteiger partial charge in [-0.05, 0) is 64.7 Å². The zero-order chi connectivity index (χ0) is 19.9. The molecule has 0 saturated carbocycles. The first-order valence-electron chi connectivity index (χ1n) is 10.9. The molecule has 1 atom stereocenters. The van der Waals surface area contributed by atoms with E-state index in [-0.39, 0.29) is 11.8 Å². The van der Waals surface area contributed by atoms with E-state index in [9.17, 15) is 4.79 Å². The van der Waals surface area contributed by atoms with E-state index >= 15 is 0 Å². The summed E-state index contributed by atoms with van der Waals surface area (Å²) >= 11 is 0. The van der Waals surface area contributed by atoms with Crippen LogP contribution in [0.5, 0.6) is 0 Å². The van der Waals surface area contributed by atoms with Crippen molar-refractivity contribution in [2.45, 2.75) is 52.1 Å². The quantitative estimate of drug-likeness (QED) is 0.731. The van der Waals surface area contributed by atoms with E-state index in [4.69, 9.17) is 4.74 Å². The van der Waals surface area contributed by atoms with E-state index in [1.165, 1.54) is 29.5 Å². The molecule has 2 heterocycles. The van der Waals surface area contributed by atoms with Crippen LogP contribution in [0.4, 0.5) is 0 Å². The minimum Gasteiger partial charge on any atom is -0.383 e. The summed E-state index contributed by atoms with van der Waals surface area (Å²) in [5.74, 6) is 0.341. The highest BCUT2D eigenvalue weighted by Crippen LogP contribution is 2.25. The molecule has 2 fully saturated rings. The Morgan fingerprint density at radius 2 is 1.82 bits per heavy atom. The molecule has 0 spiro atoms. The third-order valence-corrected chi connectivity index (χ3v) is 6.19. The molecular weight excluding hydrogens is 350 g/mol. The average Bonchev–Trinajstić information content (AvgIpc) is 2.68. The minimum atomic E-state index is 0.138. The largest absolute Gasteiger partial charge is 0.383 e. The van der Waals surface area contributed by atoms with E-state index in [2.05, 4.69) is 47.2 Å². The van der Waals surface area contributed by atoms with E-state index in [1.807, 2.05) is 0 Å². The number of benzene rings is 1. The van der Waals surface area contributed by atoms with Crippen LogP contribution in [0.15, 0.2) is 18.2 Å². The standard InChI is InChI=1S/C23H37N3O2/c1-18-13-19(2)15-20(14-18)16-25-10-6-22(7-11-25)26-9-4-5-21(17-26)23(27)24-8-12-28-3/h13-15,21-22H,4-12,16-17H2,1-3H3,(H,24,27)/t21-/m0/s1. The fraction of sp³-hybridized carbons (Fsp3) is 0.696. The Labute approximate surface area is 170 Å². The SMILES string of the molecule is COCCNC(=O)[C@H]1CCCN(C2CCN(Cc3cc(C)cc(C)c3)CC2)C1. The Morgan fingerprint density at radius 3 is 2.50 bits per heavy atom. The molecule has 0 bridgehead atoms. The number of piperidine rings is 2. The predicted molar refractivity (Wildman–Crippen MR) is 113 cm³/mol. The van der Waals surface area contributed by atoms with Gasteiger partial charge < -0.3 is 10.1 Å². The molecule has 1 N–H and O–H groups in total. The second kappa shape index (κ2) is 10.4. The maximum Gasteiger partial charge on any atom is 0.224 e. The van der Waals surface area contributed by atoms with Crippen LogP contribution in [-0.2, 0) is 16.1 Å². The summed E-state index contributed by atoms with van der Waals surface area (Å²) in [4.78, 5) is 17.6. The van der Waals surface area contributed by atoms with Gasteiger partial charge in [0.05, 0.1) is 12.5 Å². The zero-order valence-electron chi connectivity index (χ0n) is 17.9. The molecule has 0 aliphatic carbocycles. The third kappa shape index (κ3) is 6.03. The first kappa shape index (κ1) is 21.3. The summed E-state index contributed by atoms with van der Waals surface area (Å²) in [6.07, 6.45) is 4.57. The van der Waals surface area contributed by atoms with Crippen molar-refractivity contribution < 1.29 is 9.53 Å². The van der Waals surface area contributed by atoms with E-state index < -0.39 is 0 Å². The van der Waals surface area contributed by atoms with Gasteiger partial charge in [-0.25, -0.2) is 0 Å². The number of hydrogen-bond acceptors (Lipinski definition) is 4. The predicted octanol–water partition coefficient (Wildman–Crippen LogP) is 2.74. The van der Waals surface area contributed by atoms with Crippen LogP contribution in [0.1, 0.15) is 42.4 Å². The fourth-order valence-electron chi connectivity index (χ4n) is 4.83. The second-order valence-corrected chi connectivity index (χ2v) is 8.62. The number of nitrogens with zero attached hydrogens (tertiary/aromatic N) is 2. The van der Waals surface area contributed by atoms with Crippen LogP contribution in [-0.4, -0.2) is 68.2 Å². The lowest BCUT2D eigenvalue weighted by molar-refractivity contribution is -0.127. The van der Waals surface area contributed by atoms with Gasteiger partial charge in [0, 0.05) is 32.8 Å². The maximum atomic E-state index is 12.4. The summed E-state index contributed by atoms with van der Waals surface area (Å²) in [7, 11) is 1.67. The summed E-state index contributed by atoms with van der Waals surface area (Å²) in [5, 5.41) is 3.02. The number of carbonyl (C=O) groups excluding carboxylic acids is 1. The molecule has 0 radical (unpaired) electrons. The van der Waals surface area contributed by atoms with Gasteiger partial charge in [0.25, 0.3) is 0 Å². The van der Waals surface area contributed by atoms with Crippen LogP contribution in [0.3, 0.4) is 0 Å². The smallest absolute Gasteiger partial charge is 0.224 e. The lowest BCUT2D eigenvalue weighted by Gasteiger charge is -2.42. The highest BCUT2D eigenvalue weighted by molar-refractivity contribution is 5.78. The van der Waals surface area contributed by atoms with Gasteiger partial charge in [0.2, 0.25) is 5.91 Å². The Bertz CT molecular complexity index is 620. The first-order chi connectivity index (χ1) is 13.5. The highest BCUT2D eigenvalue weighted by atomic mass is 16.5. The number of nitrogens with one attached hydrogen (secondary N) is 1. The fourth-order valence-corrected chi connectivity index (χ4v) is 4.83. The van der Waals surface area contributed by atoms with E-state index in [0.717, 1.165) is 45.6 Å². The van der Waals surface area contributed by atoms with Crippen LogP contribution < -0.4 is 5.32 Å². The van der Waals surface area contributed by atoms with Gasteiger partial charge in [0.1, 0.15) is 0 Å². The monoisotopic (exact) mass is 387 g/mol. The van der Waals surface area contributed by atoms with Crippen molar-refractivity contribution in [2.24, 2.45) is 5.92 Å². The topological polar surface area (TPSA) is 44.8 Å². The number of carbonyl (C=O) groups is 1. The molecule has 156 valence electrons. The molecule has 3 rings (SSSR count). The Kier molecular flexibility index (Phi) is 7.89. The summed E-state index contributed by atoms with van der Waals surface area (Å²) in [5.41, 5.74) is 4.14. The number of hydrogen-bond donors (Lipinski definition) is 1. The van der Waals surface area contributed by atoms with Gasteiger partial charge in [-0.3, -0.25) is 14.6 Å². The molecule has 5 nitrogen and oxygen atoms in total. The number of aryl methyl sites for hydroxylation is 2. The van der Waals surface area contributed by atoms with Crippen molar-refractivity contribution in [2.75, 3.05) is 46.4 Å². The van der Waals surface area contributed by atoms with Gasteiger partial charge in [-0.15, -0.1) is 0 Å². The average molecular weight is 388 g/mol. The second-order valence-electron chi connectivity index (χ2n) is 8.62. The molecule has 0 unspecified atom stereocenters. The van der Waals surface area contributed by atoms with Crippen LogP contribution in [0.25, 0.3) is 0 Å². The number of methoxy groups -OCH3 is 1. The summed E-state index contributed by atoms with van der Waals surface area (Å²) in [6.45, 7) is 11.0. The lowest BCUT2D eigenvalue weighted by Crippen LogP contribution is -2.50. The van der Waals surface area contributed by atoms with Crippen molar-refractivity contribution >= 4 is 5.91 Å². The lowest BCUT2D eigenvalue weighted by atomic mass is 9.93.